The average Bonchev–Trinajstić information content (AvgIpc) is 2.47. The molecule has 6 heteroatoms. The van der Waals surface area contributed by atoms with Crippen molar-refractivity contribution in [2.75, 3.05) is 0 Å². The van der Waals surface area contributed by atoms with E-state index in [4.69, 9.17) is 5.73 Å². The number of halogens is 2. The number of carbonyl (C=O) groups is 1. The highest BCUT2D eigenvalue weighted by molar-refractivity contribution is 5.85. The molecule has 0 spiro atoms. The SMILES string of the molecule is Cl.Cl.NC(Cc1ccccc1)C(=O)NCc1ccccn1. The van der Waals surface area contributed by atoms with Crippen molar-refractivity contribution in [3.05, 3.63) is 66.0 Å². The van der Waals surface area contributed by atoms with E-state index in [2.05, 4.69) is 10.3 Å². The van der Waals surface area contributed by atoms with Crippen LogP contribution in [0.2, 0.25) is 0 Å². The molecule has 0 radical (unpaired) electrons. The largest absolute Gasteiger partial charge is 0.349 e. The predicted molar refractivity (Wildman–Crippen MR) is 88.7 cm³/mol. The fourth-order valence-corrected chi connectivity index (χ4v) is 1.77. The molecule has 114 valence electrons. The minimum atomic E-state index is -0.536. The van der Waals surface area contributed by atoms with E-state index >= 15 is 0 Å². The zero-order chi connectivity index (χ0) is 13.5. The number of hydrogen-bond acceptors (Lipinski definition) is 3. The molecular formula is C15H19Cl2N3O. The molecule has 4 nitrogen and oxygen atoms in total. The lowest BCUT2D eigenvalue weighted by molar-refractivity contribution is -0.122. The number of nitrogens with one attached hydrogen (secondary N) is 1. The van der Waals surface area contributed by atoms with Crippen molar-refractivity contribution < 1.29 is 4.79 Å². The van der Waals surface area contributed by atoms with Gasteiger partial charge >= 0.3 is 0 Å². The predicted octanol–water partition coefficient (Wildman–Crippen LogP) is 2.11. The summed E-state index contributed by atoms with van der Waals surface area (Å²) in [5.74, 6) is -0.158. The van der Waals surface area contributed by atoms with Crippen molar-refractivity contribution in [2.24, 2.45) is 5.73 Å². The summed E-state index contributed by atoms with van der Waals surface area (Å²) in [7, 11) is 0. The third-order valence-electron chi connectivity index (χ3n) is 2.81. The van der Waals surface area contributed by atoms with Crippen LogP contribution in [0.25, 0.3) is 0 Å². The second-order valence-corrected chi connectivity index (χ2v) is 4.34. The van der Waals surface area contributed by atoms with Gasteiger partial charge in [-0.05, 0) is 24.1 Å². The summed E-state index contributed by atoms with van der Waals surface area (Å²) in [5.41, 5.74) is 7.76. The molecule has 1 aromatic carbocycles. The minimum Gasteiger partial charge on any atom is -0.349 e. The number of pyridine rings is 1. The molecule has 1 atom stereocenters. The van der Waals surface area contributed by atoms with E-state index < -0.39 is 6.04 Å². The molecule has 3 N–H and O–H groups in total. The first-order valence-electron chi connectivity index (χ1n) is 6.23. The van der Waals surface area contributed by atoms with Gasteiger partial charge in [0.2, 0.25) is 5.91 Å². The number of amides is 1. The van der Waals surface area contributed by atoms with Gasteiger partial charge in [0, 0.05) is 6.20 Å². The summed E-state index contributed by atoms with van der Waals surface area (Å²) < 4.78 is 0. The molecule has 0 bridgehead atoms. The monoisotopic (exact) mass is 327 g/mol. The Balaban J connectivity index is 0.00000200. The number of aromatic nitrogens is 1. The molecule has 0 aliphatic heterocycles. The van der Waals surface area contributed by atoms with Gasteiger partial charge in [0.05, 0.1) is 18.3 Å². The first-order valence-corrected chi connectivity index (χ1v) is 6.23. The van der Waals surface area contributed by atoms with Crippen molar-refractivity contribution in [1.29, 1.82) is 0 Å². The Morgan fingerprint density at radius 2 is 1.76 bits per heavy atom. The molecule has 2 rings (SSSR count). The summed E-state index contributed by atoms with van der Waals surface area (Å²) >= 11 is 0. The average molecular weight is 328 g/mol. The number of carbonyl (C=O) groups excluding carboxylic acids is 1. The maximum Gasteiger partial charge on any atom is 0.237 e. The maximum absolute atomic E-state index is 11.9. The van der Waals surface area contributed by atoms with Crippen LogP contribution in [0.5, 0.6) is 0 Å². The summed E-state index contributed by atoms with van der Waals surface area (Å²) in [6.07, 6.45) is 2.24. The van der Waals surface area contributed by atoms with Gasteiger partial charge in [0.25, 0.3) is 0 Å². The Labute approximate surface area is 137 Å². The van der Waals surface area contributed by atoms with E-state index in [0.29, 0.717) is 13.0 Å². The van der Waals surface area contributed by atoms with Crippen molar-refractivity contribution in [1.82, 2.24) is 10.3 Å². The highest BCUT2D eigenvalue weighted by Crippen LogP contribution is 2.02. The second kappa shape index (κ2) is 10.2. The van der Waals surface area contributed by atoms with Gasteiger partial charge in [0.15, 0.2) is 0 Å². The number of benzene rings is 1. The van der Waals surface area contributed by atoms with Crippen molar-refractivity contribution in [3.63, 3.8) is 0 Å². The Morgan fingerprint density at radius 3 is 2.38 bits per heavy atom. The molecule has 1 unspecified atom stereocenters. The van der Waals surface area contributed by atoms with E-state index in [-0.39, 0.29) is 30.7 Å². The first kappa shape index (κ1) is 19.4. The molecular weight excluding hydrogens is 309 g/mol. The van der Waals surface area contributed by atoms with Gasteiger partial charge in [0.1, 0.15) is 0 Å². The smallest absolute Gasteiger partial charge is 0.237 e. The van der Waals surface area contributed by atoms with Crippen LogP contribution in [-0.4, -0.2) is 16.9 Å². The van der Waals surface area contributed by atoms with Gasteiger partial charge in [-0.25, -0.2) is 0 Å². The zero-order valence-electron chi connectivity index (χ0n) is 11.4. The number of rotatable bonds is 5. The molecule has 21 heavy (non-hydrogen) atoms. The van der Waals surface area contributed by atoms with Crippen LogP contribution in [-0.2, 0) is 17.8 Å². The second-order valence-electron chi connectivity index (χ2n) is 4.34. The number of hydrogen-bond donors (Lipinski definition) is 2. The van der Waals surface area contributed by atoms with Gasteiger partial charge < -0.3 is 11.1 Å². The van der Waals surface area contributed by atoms with Gasteiger partial charge in [-0.2, -0.15) is 0 Å². The normalized spacial score (nSPS) is 10.7. The van der Waals surface area contributed by atoms with Crippen molar-refractivity contribution in [2.45, 2.75) is 19.0 Å². The van der Waals surface area contributed by atoms with E-state index in [1.165, 1.54) is 0 Å². The topological polar surface area (TPSA) is 68.0 Å². The lowest BCUT2D eigenvalue weighted by atomic mass is 10.1. The van der Waals surface area contributed by atoms with E-state index in [0.717, 1.165) is 11.3 Å². The summed E-state index contributed by atoms with van der Waals surface area (Å²) in [4.78, 5) is 16.0. The third-order valence-corrected chi connectivity index (χ3v) is 2.81. The maximum atomic E-state index is 11.9. The lowest BCUT2D eigenvalue weighted by Gasteiger charge is -2.12. The third kappa shape index (κ3) is 6.58. The Morgan fingerprint density at radius 1 is 1.10 bits per heavy atom. The van der Waals surface area contributed by atoms with Crippen LogP contribution in [0.3, 0.4) is 0 Å². The van der Waals surface area contributed by atoms with E-state index in [1.807, 2.05) is 48.5 Å². The molecule has 2 aromatic rings. The minimum absolute atomic E-state index is 0. The molecule has 0 aliphatic rings. The quantitative estimate of drug-likeness (QED) is 0.883. The molecule has 0 aliphatic carbocycles. The van der Waals surface area contributed by atoms with E-state index in [9.17, 15) is 4.79 Å². The number of nitrogens with zero attached hydrogens (tertiary/aromatic N) is 1. The Hall–Kier alpha value is -1.62. The van der Waals surface area contributed by atoms with Crippen LogP contribution >= 0.6 is 24.8 Å². The fourth-order valence-electron chi connectivity index (χ4n) is 1.77. The number of nitrogens with two attached hydrogens (primary N) is 1. The highest BCUT2D eigenvalue weighted by Gasteiger charge is 2.13. The van der Waals surface area contributed by atoms with Gasteiger partial charge in [-0.3, -0.25) is 9.78 Å². The lowest BCUT2D eigenvalue weighted by Crippen LogP contribution is -2.41. The fraction of sp³-hybridized carbons (Fsp3) is 0.200. The van der Waals surface area contributed by atoms with Gasteiger partial charge in [-0.15, -0.1) is 24.8 Å². The van der Waals surface area contributed by atoms with Crippen LogP contribution in [0.4, 0.5) is 0 Å². The molecule has 0 saturated heterocycles. The molecule has 1 heterocycles. The molecule has 1 aromatic heterocycles. The first-order chi connectivity index (χ1) is 9.25. The Bertz CT molecular complexity index is 523. The Kier molecular flexibility index (Phi) is 9.37. The summed E-state index contributed by atoms with van der Waals surface area (Å²) in [6.45, 7) is 0.405. The molecule has 0 saturated carbocycles. The van der Waals surface area contributed by atoms with E-state index in [1.54, 1.807) is 6.20 Å². The van der Waals surface area contributed by atoms with Crippen molar-refractivity contribution >= 4 is 30.7 Å². The summed E-state index contributed by atoms with van der Waals surface area (Å²) in [5, 5.41) is 2.79. The molecule has 1 amide bonds. The van der Waals surface area contributed by atoms with Crippen LogP contribution in [0.15, 0.2) is 54.7 Å². The van der Waals surface area contributed by atoms with Gasteiger partial charge in [-0.1, -0.05) is 36.4 Å². The van der Waals surface area contributed by atoms with Crippen LogP contribution in [0, 0.1) is 0 Å². The highest BCUT2D eigenvalue weighted by atomic mass is 35.5. The standard InChI is InChI=1S/C15H17N3O.2ClH/c16-14(10-12-6-2-1-3-7-12)15(19)18-11-13-8-4-5-9-17-13;;/h1-9,14H,10-11,16H2,(H,18,19);2*1H. The van der Waals surface area contributed by atoms with Crippen LogP contribution < -0.4 is 11.1 Å². The molecule has 0 fully saturated rings. The van der Waals surface area contributed by atoms with Crippen molar-refractivity contribution in [3.8, 4) is 0 Å². The van der Waals surface area contributed by atoms with Crippen LogP contribution in [0.1, 0.15) is 11.3 Å². The summed E-state index contributed by atoms with van der Waals surface area (Å²) in [6, 6.07) is 14.8. The zero-order valence-corrected chi connectivity index (χ0v) is 13.1.